The molecule has 4 rings (SSSR count). The largest absolute Gasteiger partial charge is 0.394 e. The third kappa shape index (κ3) is 7.55. The minimum absolute atomic E-state index is 0.126. The van der Waals surface area contributed by atoms with Gasteiger partial charge in [-0.3, -0.25) is 14.9 Å². The molecule has 0 unspecified atom stereocenters. The lowest BCUT2D eigenvalue weighted by Crippen LogP contribution is -2.08. The summed E-state index contributed by atoms with van der Waals surface area (Å²) in [5, 5.41) is 0. The van der Waals surface area contributed by atoms with Crippen LogP contribution in [0.25, 0.3) is 5.57 Å². The Morgan fingerprint density at radius 3 is 2.19 bits per heavy atom. The molecule has 2 aromatic carbocycles. The molecule has 0 fully saturated rings. The van der Waals surface area contributed by atoms with Gasteiger partial charge in [-0.15, -0.1) is 0 Å². The second-order valence-corrected chi connectivity index (χ2v) is 11.3. The molecule has 6 nitrogen and oxygen atoms in total. The van der Waals surface area contributed by atoms with Crippen molar-refractivity contribution in [3.8, 4) is 0 Å². The van der Waals surface area contributed by atoms with Crippen LogP contribution in [0.2, 0.25) is 0 Å². The standard InChI is InChI=1S/C12H9BrFI.C6H5BrFIN2.H2O4S/c13-12-9(14)5-10(15)8-4-6-2-1-3-7(6)11(8)12;7-3-1-6(11-10)5(9)2-4(3)8;1-5(2,3)4/h5H,1-4H2;1-2,11H,10H2;(H2,1,2,3,4). The highest BCUT2D eigenvalue weighted by Crippen LogP contribution is 2.47. The Labute approximate surface area is 222 Å². The summed E-state index contributed by atoms with van der Waals surface area (Å²) in [6, 6.07) is 4.63. The van der Waals surface area contributed by atoms with E-state index < -0.39 is 10.4 Å². The first-order valence-corrected chi connectivity index (χ1v) is 13.7. The Morgan fingerprint density at radius 1 is 1.03 bits per heavy atom. The van der Waals surface area contributed by atoms with Crippen LogP contribution in [-0.4, -0.2) is 17.5 Å². The minimum Gasteiger partial charge on any atom is -0.323 e. The molecular weight excluding hydrogens is 792 g/mol. The molecule has 0 saturated heterocycles. The van der Waals surface area contributed by atoms with Gasteiger partial charge >= 0.3 is 10.4 Å². The van der Waals surface area contributed by atoms with E-state index in [1.807, 2.05) is 22.6 Å². The zero-order valence-corrected chi connectivity index (χ0v) is 23.8. The summed E-state index contributed by atoms with van der Waals surface area (Å²) in [6.45, 7) is 0. The van der Waals surface area contributed by atoms with E-state index in [-0.39, 0.29) is 11.6 Å². The summed E-state index contributed by atoms with van der Waals surface area (Å²) >= 11 is 10.7. The zero-order valence-electron chi connectivity index (χ0n) is 15.5. The van der Waals surface area contributed by atoms with E-state index in [0.29, 0.717) is 14.6 Å². The van der Waals surface area contributed by atoms with Gasteiger partial charge in [-0.25, -0.2) is 8.78 Å². The van der Waals surface area contributed by atoms with E-state index in [1.54, 1.807) is 12.1 Å². The second-order valence-electron chi connectivity index (χ2n) is 6.46. The van der Waals surface area contributed by atoms with Gasteiger partial charge in [0.15, 0.2) is 0 Å². The lowest BCUT2D eigenvalue weighted by atomic mass is 10.0. The topological polar surface area (TPSA) is 113 Å². The Kier molecular flexibility index (Phi) is 10.1. The van der Waals surface area contributed by atoms with Crippen LogP contribution in [-0.2, 0) is 16.8 Å². The summed E-state index contributed by atoms with van der Waals surface area (Å²) in [6.07, 6.45) is 4.61. The van der Waals surface area contributed by atoms with Crippen LogP contribution < -0.4 is 11.3 Å². The molecule has 0 atom stereocenters. The van der Waals surface area contributed by atoms with Gasteiger partial charge in [0.2, 0.25) is 0 Å². The average Bonchev–Trinajstić information content (AvgIpc) is 3.23. The van der Waals surface area contributed by atoms with Gasteiger partial charge in [-0.05, 0) is 138 Å². The maximum Gasteiger partial charge on any atom is 0.394 e. The smallest absolute Gasteiger partial charge is 0.323 e. The Balaban J connectivity index is 0.000000188. The van der Waals surface area contributed by atoms with Crippen LogP contribution in [0, 0.1) is 18.8 Å². The SMILES string of the molecule is Fc1cc(I)c2c(c1Br)C1=C(CCC1)C2.NNc1cc(Br)c(F)cc1I.O=S(=O)(O)O. The first-order chi connectivity index (χ1) is 14.3. The highest BCUT2D eigenvalue weighted by molar-refractivity contribution is 14.1. The normalized spacial score (nSPS) is 14.2. The molecular formula is C18H16Br2F2I2N2O4S. The van der Waals surface area contributed by atoms with Gasteiger partial charge in [-0.2, -0.15) is 8.42 Å². The number of fused-ring (bicyclic) bond motifs is 2. The number of hydrogen-bond donors (Lipinski definition) is 4. The van der Waals surface area contributed by atoms with Crippen molar-refractivity contribution in [2.75, 3.05) is 5.43 Å². The molecule has 2 aromatic rings. The molecule has 0 aliphatic heterocycles. The number of benzene rings is 2. The van der Waals surface area contributed by atoms with Crippen LogP contribution in [0.3, 0.4) is 0 Å². The van der Waals surface area contributed by atoms with E-state index in [1.165, 1.54) is 35.6 Å². The van der Waals surface area contributed by atoms with Crippen molar-refractivity contribution < 1.29 is 26.3 Å². The highest BCUT2D eigenvalue weighted by atomic mass is 127. The van der Waals surface area contributed by atoms with E-state index in [4.69, 9.17) is 23.4 Å². The van der Waals surface area contributed by atoms with E-state index in [2.05, 4.69) is 59.9 Å². The average molecular weight is 808 g/mol. The fraction of sp³-hybridized carbons (Fsp3) is 0.222. The summed E-state index contributed by atoms with van der Waals surface area (Å²) in [7, 11) is -4.67. The maximum absolute atomic E-state index is 13.6. The number of nitrogens with one attached hydrogen (secondary N) is 1. The number of rotatable bonds is 1. The number of halogens is 6. The van der Waals surface area contributed by atoms with Gasteiger partial charge in [-0.1, -0.05) is 5.57 Å². The van der Waals surface area contributed by atoms with Crippen molar-refractivity contribution in [3.05, 3.63) is 62.6 Å². The van der Waals surface area contributed by atoms with E-state index in [0.717, 1.165) is 25.5 Å². The van der Waals surface area contributed by atoms with Crippen LogP contribution in [0.4, 0.5) is 14.5 Å². The predicted octanol–water partition coefficient (Wildman–Crippen LogP) is 6.51. The molecule has 13 heteroatoms. The number of nitrogens with two attached hydrogens (primary N) is 1. The number of hydrazine groups is 1. The quantitative estimate of drug-likeness (QED) is 0.0860. The molecule has 0 spiro atoms. The van der Waals surface area contributed by atoms with E-state index >= 15 is 0 Å². The third-order valence-corrected chi connectivity index (χ3v) is 7.70. The van der Waals surface area contributed by atoms with Gasteiger partial charge in [0.25, 0.3) is 0 Å². The number of allylic oxidation sites excluding steroid dienone is 2. The summed E-state index contributed by atoms with van der Waals surface area (Å²) in [5.74, 6) is 4.76. The van der Waals surface area contributed by atoms with Crippen molar-refractivity contribution in [1.29, 1.82) is 0 Å². The number of nitrogen functional groups attached to an aromatic ring is 1. The molecule has 0 radical (unpaired) electrons. The molecule has 170 valence electrons. The van der Waals surface area contributed by atoms with Crippen molar-refractivity contribution >= 4 is 98.7 Å². The van der Waals surface area contributed by atoms with Crippen LogP contribution in [0.1, 0.15) is 30.4 Å². The maximum atomic E-state index is 13.6. The molecule has 2 aliphatic rings. The monoisotopic (exact) mass is 806 g/mol. The number of hydrogen-bond acceptors (Lipinski definition) is 4. The molecule has 2 aliphatic carbocycles. The lowest BCUT2D eigenvalue weighted by molar-refractivity contribution is 0.381. The Morgan fingerprint density at radius 2 is 1.61 bits per heavy atom. The van der Waals surface area contributed by atoms with Crippen LogP contribution in [0.15, 0.2) is 32.7 Å². The minimum atomic E-state index is -4.67. The van der Waals surface area contributed by atoms with Gasteiger partial charge in [0.1, 0.15) is 11.6 Å². The first kappa shape index (κ1) is 27.3. The molecule has 0 bridgehead atoms. The third-order valence-electron chi connectivity index (χ3n) is 4.46. The van der Waals surface area contributed by atoms with Crippen molar-refractivity contribution in [2.24, 2.45) is 5.84 Å². The predicted molar refractivity (Wildman–Crippen MR) is 140 cm³/mol. The fourth-order valence-corrected chi connectivity index (χ4v) is 5.53. The zero-order chi connectivity index (χ0) is 23.5. The van der Waals surface area contributed by atoms with Crippen LogP contribution >= 0.6 is 77.0 Å². The Bertz CT molecular complexity index is 1140. The fourth-order valence-electron chi connectivity index (χ4n) is 3.27. The summed E-state index contributed by atoms with van der Waals surface area (Å²) in [5.41, 5.74) is 8.60. The first-order valence-electron chi connectivity index (χ1n) is 8.52. The van der Waals surface area contributed by atoms with Gasteiger partial charge < -0.3 is 5.43 Å². The van der Waals surface area contributed by atoms with E-state index in [9.17, 15) is 8.78 Å². The number of anilines is 1. The summed E-state index contributed by atoms with van der Waals surface area (Å²) < 4.78 is 60.9. The molecule has 31 heavy (non-hydrogen) atoms. The lowest BCUT2D eigenvalue weighted by Gasteiger charge is -2.10. The summed E-state index contributed by atoms with van der Waals surface area (Å²) in [4.78, 5) is 0. The molecule has 0 heterocycles. The molecule has 0 aromatic heterocycles. The molecule has 5 N–H and O–H groups in total. The van der Waals surface area contributed by atoms with Crippen molar-refractivity contribution in [3.63, 3.8) is 0 Å². The van der Waals surface area contributed by atoms with Gasteiger partial charge in [0.05, 0.1) is 14.6 Å². The van der Waals surface area contributed by atoms with Crippen molar-refractivity contribution in [1.82, 2.24) is 0 Å². The molecule has 0 amide bonds. The second kappa shape index (κ2) is 11.5. The van der Waals surface area contributed by atoms with Crippen molar-refractivity contribution in [2.45, 2.75) is 25.7 Å². The van der Waals surface area contributed by atoms with Gasteiger partial charge in [0, 0.05) is 7.14 Å². The van der Waals surface area contributed by atoms with Crippen LogP contribution in [0.5, 0.6) is 0 Å². The molecule has 0 saturated carbocycles. The Hall–Kier alpha value is 0.0900. The highest BCUT2D eigenvalue weighted by Gasteiger charge is 2.29.